The maximum atomic E-state index is 12.6. The van der Waals surface area contributed by atoms with Crippen molar-refractivity contribution in [1.82, 2.24) is 0 Å². The van der Waals surface area contributed by atoms with Crippen LogP contribution in [0.2, 0.25) is 0 Å². The molecule has 4 rings (SSSR count). The zero-order valence-corrected chi connectivity index (χ0v) is 11.5. The Morgan fingerprint density at radius 1 is 1.26 bits per heavy atom. The number of hydrogen-bond acceptors (Lipinski definition) is 1. The number of hydrogen-bond donors (Lipinski definition) is 0. The third kappa shape index (κ3) is 1.51. The molecule has 3 aliphatic rings. The number of fused-ring (bicyclic) bond motifs is 4. The predicted molar refractivity (Wildman–Crippen MR) is 76.3 cm³/mol. The fourth-order valence-electron chi connectivity index (χ4n) is 4.68. The summed E-state index contributed by atoms with van der Waals surface area (Å²) in [5.41, 5.74) is 5.67. The number of Topliss-reactive ketones (excluding diaryl/α,β-unsaturated/α-hetero) is 1. The average Bonchev–Trinajstić information content (AvgIpc) is 2.98. The topological polar surface area (TPSA) is 17.1 Å². The Bertz CT molecular complexity index is 596. The van der Waals surface area contributed by atoms with E-state index < -0.39 is 0 Å². The lowest BCUT2D eigenvalue weighted by atomic mass is 9.63. The van der Waals surface area contributed by atoms with Gasteiger partial charge in [0.1, 0.15) is 0 Å². The Labute approximate surface area is 114 Å². The molecule has 0 N–H and O–H groups in total. The highest BCUT2D eigenvalue weighted by Gasteiger charge is 2.50. The zero-order valence-electron chi connectivity index (χ0n) is 11.5. The van der Waals surface area contributed by atoms with Gasteiger partial charge in [-0.05, 0) is 54.6 Å². The van der Waals surface area contributed by atoms with Crippen LogP contribution in [0.4, 0.5) is 0 Å². The second-order valence-electron chi connectivity index (χ2n) is 6.61. The van der Waals surface area contributed by atoms with E-state index in [1.54, 1.807) is 5.57 Å². The second kappa shape index (κ2) is 3.82. The largest absolute Gasteiger partial charge is 0.294 e. The van der Waals surface area contributed by atoms with E-state index in [1.807, 2.05) is 6.07 Å². The smallest absolute Gasteiger partial charge is 0.163 e. The fraction of sp³-hybridized carbons (Fsp3) is 0.500. The Hall–Kier alpha value is -1.37. The van der Waals surface area contributed by atoms with Gasteiger partial charge in [0.25, 0.3) is 0 Å². The summed E-state index contributed by atoms with van der Waals surface area (Å²) in [4.78, 5) is 12.6. The molecule has 98 valence electrons. The van der Waals surface area contributed by atoms with E-state index in [-0.39, 0.29) is 5.41 Å². The van der Waals surface area contributed by atoms with E-state index >= 15 is 0 Å². The molecule has 1 aromatic rings. The van der Waals surface area contributed by atoms with Crippen LogP contribution in [0.1, 0.15) is 54.1 Å². The van der Waals surface area contributed by atoms with E-state index in [4.69, 9.17) is 0 Å². The van der Waals surface area contributed by atoms with Crippen molar-refractivity contribution in [3.63, 3.8) is 0 Å². The second-order valence-corrected chi connectivity index (χ2v) is 6.61. The first-order valence-corrected chi connectivity index (χ1v) is 7.54. The fourth-order valence-corrected chi connectivity index (χ4v) is 4.68. The zero-order chi connectivity index (χ0) is 13.0. The Morgan fingerprint density at radius 2 is 2.16 bits per heavy atom. The molecule has 2 atom stereocenters. The van der Waals surface area contributed by atoms with Crippen LogP contribution in [-0.4, -0.2) is 5.78 Å². The highest BCUT2D eigenvalue weighted by atomic mass is 16.1. The molecule has 0 saturated heterocycles. The molecule has 0 aliphatic heterocycles. The van der Waals surface area contributed by atoms with E-state index in [9.17, 15) is 4.79 Å². The standard InChI is InChI=1S/C18H20O/c1-2-13-4-3-5-15-16(13)10-18(11-17(15)19)9-12-6-7-14(18)8-12/h3-6,14H,2,7-11H2,1H3. The Balaban J connectivity index is 1.82. The summed E-state index contributed by atoms with van der Waals surface area (Å²) < 4.78 is 0. The summed E-state index contributed by atoms with van der Waals surface area (Å²) in [6, 6.07) is 6.30. The van der Waals surface area contributed by atoms with Crippen molar-refractivity contribution in [3.8, 4) is 0 Å². The van der Waals surface area contributed by atoms with Crippen molar-refractivity contribution < 1.29 is 4.79 Å². The Morgan fingerprint density at radius 3 is 2.84 bits per heavy atom. The number of aryl methyl sites for hydroxylation is 1. The summed E-state index contributed by atoms with van der Waals surface area (Å²) >= 11 is 0. The van der Waals surface area contributed by atoms with Gasteiger partial charge in [-0.25, -0.2) is 0 Å². The lowest BCUT2D eigenvalue weighted by Gasteiger charge is -2.40. The minimum Gasteiger partial charge on any atom is -0.294 e. The van der Waals surface area contributed by atoms with Gasteiger partial charge in [0.05, 0.1) is 0 Å². The van der Waals surface area contributed by atoms with Crippen LogP contribution >= 0.6 is 0 Å². The molecular weight excluding hydrogens is 232 g/mol. The van der Waals surface area contributed by atoms with Crippen molar-refractivity contribution >= 4 is 5.78 Å². The first kappa shape index (κ1) is 11.5. The van der Waals surface area contributed by atoms with Crippen LogP contribution in [-0.2, 0) is 12.8 Å². The highest BCUT2D eigenvalue weighted by Crippen LogP contribution is 2.58. The predicted octanol–water partition coefficient (Wildman–Crippen LogP) is 4.10. The van der Waals surface area contributed by atoms with Gasteiger partial charge in [0.15, 0.2) is 5.78 Å². The van der Waals surface area contributed by atoms with Crippen LogP contribution in [0.5, 0.6) is 0 Å². The first-order valence-electron chi connectivity index (χ1n) is 7.54. The van der Waals surface area contributed by atoms with Gasteiger partial charge in [-0.3, -0.25) is 4.79 Å². The van der Waals surface area contributed by atoms with Crippen molar-refractivity contribution in [2.24, 2.45) is 11.3 Å². The van der Waals surface area contributed by atoms with Crippen molar-refractivity contribution in [1.29, 1.82) is 0 Å². The van der Waals surface area contributed by atoms with Crippen LogP contribution < -0.4 is 0 Å². The van der Waals surface area contributed by atoms with Crippen LogP contribution in [0.3, 0.4) is 0 Å². The van der Waals surface area contributed by atoms with E-state index in [0.717, 1.165) is 30.7 Å². The molecule has 1 nitrogen and oxygen atoms in total. The molecule has 0 radical (unpaired) electrons. The molecule has 1 heteroatoms. The maximum absolute atomic E-state index is 12.6. The van der Waals surface area contributed by atoms with E-state index in [2.05, 4.69) is 25.1 Å². The summed E-state index contributed by atoms with van der Waals surface area (Å²) in [6.45, 7) is 2.20. The molecule has 1 fully saturated rings. The summed E-state index contributed by atoms with van der Waals surface area (Å²) in [5, 5.41) is 0. The average molecular weight is 252 g/mol. The summed E-state index contributed by atoms with van der Waals surface area (Å²) in [7, 11) is 0. The number of benzene rings is 1. The van der Waals surface area contributed by atoms with Gasteiger partial charge in [-0.1, -0.05) is 36.8 Å². The molecule has 19 heavy (non-hydrogen) atoms. The minimum absolute atomic E-state index is 0.277. The van der Waals surface area contributed by atoms with Gasteiger partial charge in [0, 0.05) is 12.0 Å². The number of rotatable bonds is 1. The van der Waals surface area contributed by atoms with Crippen molar-refractivity contribution in [2.75, 3.05) is 0 Å². The van der Waals surface area contributed by atoms with Crippen molar-refractivity contribution in [2.45, 2.75) is 45.4 Å². The Kier molecular flexibility index (Phi) is 2.30. The normalized spacial score (nSPS) is 31.7. The van der Waals surface area contributed by atoms with E-state index in [0.29, 0.717) is 5.78 Å². The lowest BCUT2D eigenvalue weighted by Crippen LogP contribution is -2.36. The number of ketones is 1. The minimum atomic E-state index is 0.277. The number of allylic oxidation sites excluding steroid dienone is 2. The third-order valence-electron chi connectivity index (χ3n) is 5.64. The molecule has 1 aromatic carbocycles. The number of carbonyl (C=O) groups excluding carboxylic acids is 1. The SMILES string of the molecule is CCc1cccc2c1CC1(CC2=O)CC2=CCC1C2. The summed E-state index contributed by atoms with van der Waals surface area (Å²) in [6.07, 6.45) is 9.04. The molecular formula is C18H20O. The van der Waals surface area contributed by atoms with Gasteiger partial charge in [0.2, 0.25) is 0 Å². The van der Waals surface area contributed by atoms with Gasteiger partial charge in [-0.2, -0.15) is 0 Å². The molecule has 0 heterocycles. The highest BCUT2D eigenvalue weighted by molar-refractivity contribution is 5.99. The lowest BCUT2D eigenvalue weighted by molar-refractivity contribution is 0.0823. The molecule has 0 amide bonds. The van der Waals surface area contributed by atoms with E-state index in [1.165, 1.54) is 30.4 Å². The van der Waals surface area contributed by atoms with Crippen molar-refractivity contribution in [3.05, 3.63) is 46.5 Å². The molecule has 1 spiro atoms. The molecule has 2 bridgehead atoms. The van der Waals surface area contributed by atoms with Gasteiger partial charge < -0.3 is 0 Å². The monoisotopic (exact) mass is 252 g/mol. The van der Waals surface area contributed by atoms with Gasteiger partial charge in [-0.15, -0.1) is 0 Å². The first-order chi connectivity index (χ1) is 9.22. The van der Waals surface area contributed by atoms with Crippen LogP contribution in [0.15, 0.2) is 29.8 Å². The van der Waals surface area contributed by atoms with Crippen LogP contribution in [0, 0.1) is 11.3 Å². The molecule has 1 saturated carbocycles. The quantitative estimate of drug-likeness (QED) is 0.688. The molecule has 3 aliphatic carbocycles. The maximum Gasteiger partial charge on any atom is 0.163 e. The van der Waals surface area contributed by atoms with Gasteiger partial charge >= 0.3 is 0 Å². The molecule has 2 unspecified atom stereocenters. The molecule has 0 aromatic heterocycles. The third-order valence-corrected chi connectivity index (χ3v) is 5.64. The summed E-state index contributed by atoms with van der Waals surface area (Å²) in [5.74, 6) is 1.13. The van der Waals surface area contributed by atoms with Crippen LogP contribution in [0.25, 0.3) is 0 Å². The number of carbonyl (C=O) groups is 1.